The number of nitrogens with one attached hydrogen (secondary N) is 1. The molecule has 3 rings (SSSR count). The SMILES string of the molecule is COc1cc(Cl)ccc1CC1(F)CCN(S(=O)(=O)c2c(C)n[nH]c2C)CC1. The summed E-state index contributed by atoms with van der Waals surface area (Å²) >= 11 is 5.96. The molecule has 148 valence electrons. The Hall–Kier alpha value is -1.64. The van der Waals surface area contributed by atoms with E-state index < -0.39 is 15.7 Å². The second-order valence-electron chi connectivity index (χ2n) is 6.95. The number of hydrogen-bond donors (Lipinski definition) is 1. The van der Waals surface area contributed by atoms with Crippen LogP contribution in [0.3, 0.4) is 0 Å². The number of H-pyrrole nitrogens is 1. The Labute approximate surface area is 163 Å². The second kappa shape index (κ2) is 7.41. The van der Waals surface area contributed by atoms with Crippen LogP contribution in [0.15, 0.2) is 23.1 Å². The van der Waals surface area contributed by atoms with Crippen molar-refractivity contribution in [3.8, 4) is 5.75 Å². The molecule has 1 N–H and O–H groups in total. The normalized spacial score (nSPS) is 17.8. The summed E-state index contributed by atoms with van der Waals surface area (Å²) < 4.78 is 47.9. The molecule has 0 unspecified atom stereocenters. The molecule has 0 spiro atoms. The van der Waals surface area contributed by atoms with Gasteiger partial charge in [-0.1, -0.05) is 17.7 Å². The molecule has 1 fully saturated rings. The van der Waals surface area contributed by atoms with Gasteiger partial charge in [0.25, 0.3) is 0 Å². The minimum Gasteiger partial charge on any atom is -0.496 e. The molecule has 6 nitrogen and oxygen atoms in total. The summed E-state index contributed by atoms with van der Waals surface area (Å²) in [6.07, 6.45) is 0.396. The Morgan fingerprint density at radius 2 is 2.00 bits per heavy atom. The summed E-state index contributed by atoms with van der Waals surface area (Å²) in [5.74, 6) is 0.541. The van der Waals surface area contributed by atoms with Crippen molar-refractivity contribution >= 4 is 21.6 Å². The van der Waals surface area contributed by atoms with Crippen molar-refractivity contribution in [3.63, 3.8) is 0 Å². The van der Waals surface area contributed by atoms with Gasteiger partial charge in [0.1, 0.15) is 16.3 Å². The van der Waals surface area contributed by atoms with Gasteiger partial charge >= 0.3 is 0 Å². The molecule has 9 heteroatoms. The zero-order valence-corrected chi connectivity index (χ0v) is 17.1. The third kappa shape index (κ3) is 3.97. The first kappa shape index (κ1) is 20.1. The monoisotopic (exact) mass is 415 g/mol. The van der Waals surface area contributed by atoms with Gasteiger partial charge in [-0.15, -0.1) is 0 Å². The van der Waals surface area contributed by atoms with Crippen molar-refractivity contribution in [1.29, 1.82) is 0 Å². The van der Waals surface area contributed by atoms with Crippen LogP contribution in [0, 0.1) is 13.8 Å². The van der Waals surface area contributed by atoms with Crippen molar-refractivity contribution in [2.75, 3.05) is 20.2 Å². The lowest BCUT2D eigenvalue weighted by Gasteiger charge is -2.36. The van der Waals surface area contributed by atoms with Crippen molar-refractivity contribution < 1.29 is 17.5 Å². The number of halogens is 2. The first-order chi connectivity index (χ1) is 12.7. The molecule has 2 heterocycles. The van der Waals surface area contributed by atoms with E-state index >= 15 is 4.39 Å². The Kier molecular flexibility index (Phi) is 5.52. The van der Waals surface area contributed by atoms with Gasteiger partial charge in [-0.25, -0.2) is 12.8 Å². The molecule has 0 atom stereocenters. The number of nitrogens with zero attached hydrogens (tertiary/aromatic N) is 2. The van der Waals surface area contributed by atoms with Gasteiger partial charge in [-0.05, 0) is 44.4 Å². The number of piperidine rings is 1. The van der Waals surface area contributed by atoms with Gasteiger partial charge < -0.3 is 4.74 Å². The highest BCUT2D eigenvalue weighted by Crippen LogP contribution is 2.36. The summed E-state index contributed by atoms with van der Waals surface area (Å²) in [5, 5.41) is 7.18. The van der Waals surface area contributed by atoms with Crippen LogP contribution in [0.4, 0.5) is 4.39 Å². The van der Waals surface area contributed by atoms with Gasteiger partial charge in [0.2, 0.25) is 10.0 Å². The molecule has 1 saturated heterocycles. The van der Waals surface area contributed by atoms with Crippen molar-refractivity contribution in [3.05, 3.63) is 40.2 Å². The molecule has 1 aromatic heterocycles. The zero-order chi connectivity index (χ0) is 19.8. The second-order valence-corrected chi connectivity index (χ2v) is 9.26. The van der Waals surface area contributed by atoms with Crippen molar-refractivity contribution in [2.24, 2.45) is 0 Å². The van der Waals surface area contributed by atoms with E-state index in [-0.39, 0.29) is 37.2 Å². The highest BCUT2D eigenvalue weighted by molar-refractivity contribution is 7.89. The molecular formula is C18H23ClFN3O3S. The topological polar surface area (TPSA) is 75.3 Å². The van der Waals surface area contributed by atoms with E-state index in [1.54, 1.807) is 32.0 Å². The van der Waals surface area contributed by atoms with E-state index in [4.69, 9.17) is 16.3 Å². The number of hydrogen-bond acceptors (Lipinski definition) is 4. The van der Waals surface area contributed by atoms with Crippen molar-refractivity contribution in [2.45, 2.75) is 43.7 Å². The van der Waals surface area contributed by atoms with Gasteiger partial charge in [-0.2, -0.15) is 9.40 Å². The molecule has 1 aliphatic rings. The fourth-order valence-corrected chi connectivity index (χ4v) is 5.49. The number of rotatable bonds is 5. The molecule has 0 amide bonds. The number of alkyl halides is 1. The third-order valence-corrected chi connectivity index (χ3v) is 7.43. The van der Waals surface area contributed by atoms with Gasteiger partial charge in [0.15, 0.2) is 0 Å². The lowest BCUT2D eigenvalue weighted by molar-refractivity contribution is 0.0882. The summed E-state index contributed by atoms with van der Waals surface area (Å²) in [4.78, 5) is 0.188. The van der Waals surface area contributed by atoms with Crippen LogP contribution in [-0.2, 0) is 16.4 Å². The largest absolute Gasteiger partial charge is 0.496 e. The minimum absolute atomic E-state index is 0.119. The third-order valence-electron chi connectivity index (χ3n) is 5.03. The van der Waals surface area contributed by atoms with Crippen LogP contribution in [0.2, 0.25) is 5.02 Å². The van der Waals surface area contributed by atoms with Crippen LogP contribution in [-0.4, -0.2) is 48.8 Å². The number of ether oxygens (including phenoxy) is 1. The van der Waals surface area contributed by atoms with E-state index in [9.17, 15) is 8.42 Å². The molecule has 0 bridgehead atoms. The Bertz CT molecular complexity index is 918. The van der Waals surface area contributed by atoms with E-state index in [2.05, 4.69) is 10.2 Å². The summed E-state index contributed by atoms with van der Waals surface area (Å²) in [6, 6.07) is 5.11. The first-order valence-corrected chi connectivity index (χ1v) is 10.5. The fraction of sp³-hybridized carbons (Fsp3) is 0.500. The maximum Gasteiger partial charge on any atom is 0.246 e. The van der Waals surface area contributed by atoms with E-state index in [0.717, 1.165) is 5.56 Å². The van der Waals surface area contributed by atoms with Crippen LogP contribution in [0.1, 0.15) is 29.8 Å². The average Bonchev–Trinajstić information content (AvgIpc) is 2.96. The number of aromatic amines is 1. The smallest absolute Gasteiger partial charge is 0.246 e. The average molecular weight is 416 g/mol. The maximum atomic E-state index is 15.4. The van der Waals surface area contributed by atoms with E-state index in [1.165, 1.54) is 11.4 Å². The number of aryl methyl sites for hydroxylation is 2. The van der Waals surface area contributed by atoms with Crippen LogP contribution >= 0.6 is 11.6 Å². The van der Waals surface area contributed by atoms with Crippen LogP contribution in [0.5, 0.6) is 5.75 Å². The number of benzene rings is 1. The lowest BCUT2D eigenvalue weighted by Crippen LogP contribution is -2.45. The summed E-state index contributed by atoms with van der Waals surface area (Å²) in [5.41, 5.74) is 0.154. The van der Waals surface area contributed by atoms with Crippen LogP contribution in [0.25, 0.3) is 0 Å². The summed E-state index contributed by atoms with van der Waals surface area (Å²) in [6.45, 7) is 3.56. The molecule has 2 aromatic rings. The van der Waals surface area contributed by atoms with Crippen LogP contribution < -0.4 is 4.74 Å². The fourth-order valence-electron chi connectivity index (χ4n) is 3.56. The molecule has 0 aliphatic carbocycles. The predicted molar refractivity (Wildman–Crippen MR) is 102 cm³/mol. The number of methoxy groups -OCH3 is 1. The Morgan fingerprint density at radius 1 is 1.33 bits per heavy atom. The molecule has 0 saturated carbocycles. The maximum absolute atomic E-state index is 15.4. The molecule has 0 radical (unpaired) electrons. The first-order valence-electron chi connectivity index (χ1n) is 8.69. The van der Waals surface area contributed by atoms with Crippen molar-refractivity contribution in [1.82, 2.24) is 14.5 Å². The zero-order valence-electron chi connectivity index (χ0n) is 15.6. The highest BCUT2D eigenvalue weighted by atomic mass is 35.5. The lowest BCUT2D eigenvalue weighted by atomic mass is 9.87. The molecule has 1 aromatic carbocycles. The van der Waals surface area contributed by atoms with Gasteiger partial charge in [-0.3, -0.25) is 5.10 Å². The van der Waals surface area contributed by atoms with Gasteiger partial charge in [0, 0.05) is 24.5 Å². The standard InChI is InChI=1S/C18H23ClFN3O3S/c1-12-17(13(2)22-21-12)27(24,25)23-8-6-18(20,7-9-23)11-14-4-5-15(19)10-16(14)26-3/h4-5,10H,6-9,11H2,1-3H3,(H,21,22). The van der Waals surface area contributed by atoms with E-state index in [1.807, 2.05) is 0 Å². The molecular weight excluding hydrogens is 393 g/mol. The minimum atomic E-state index is -3.69. The van der Waals surface area contributed by atoms with E-state index in [0.29, 0.717) is 22.2 Å². The molecule has 27 heavy (non-hydrogen) atoms. The highest BCUT2D eigenvalue weighted by Gasteiger charge is 2.40. The quantitative estimate of drug-likeness (QED) is 0.811. The number of aromatic nitrogens is 2. The summed E-state index contributed by atoms with van der Waals surface area (Å²) in [7, 11) is -2.17. The Morgan fingerprint density at radius 3 is 2.56 bits per heavy atom. The predicted octanol–water partition coefficient (Wildman–Crippen LogP) is 3.42. The number of sulfonamides is 1. The Balaban J connectivity index is 1.75. The van der Waals surface area contributed by atoms with Gasteiger partial charge in [0.05, 0.1) is 18.5 Å². The molecule has 1 aliphatic heterocycles.